The minimum Gasteiger partial charge on any atom is -0.466 e. The van der Waals surface area contributed by atoms with E-state index >= 15 is 0 Å². The van der Waals surface area contributed by atoms with Crippen molar-refractivity contribution in [2.45, 2.75) is 137 Å². The zero-order chi connectivity index (χ0) is 22.3. The quantitative estimate of drug-likeness (QED) is 0.105. The first kappa shape index (κ1) is 28.9. The summed E-state index contributed by atoms with van der Waals surface area (Å²) in [6.07, 6.45) is 27.6. The molecule has 0 aromatic carbocycles. The van der Waals surface area contributed by atoms with Gasteiger partial charge < -0.3 is 4.74 Å². The van der Waals surface area contributed by atoms with E-state index in [4.69, 9.17) is 4.74 Å². The van der Waals surface area contributed by atoms with E-state index < -0.39 is 0 Å². The van der Waals surface area contributed by atoms with Crippen LogP contribution >= 0.6 is 0 Å². The zero-order valence-electron chi connectivity index (χ0n) is 20.9. The van der Waals surface area contributed by atoms with Crippen molar-refractivity contribution in [1.29, 1.82) is 0 Å². The molecule has 0 aliphatic carbocycles. The molecule has 0 N–H and O–H groups in total. The molecular weight excluding hydrogens is 368 g/mol. The van der Waals surface area contributed by atoms with E-state index in [1.807, 2.05) is 0 Å². The number of hydrogen-bond acceptors (Lipinski definition) is 2. The number of hydrogen-bond donors (Lipinski definition) is 0. The predicted molar refractivity (Wildman–Crippen MR) is 133 cm³/mol. The van der Waals surface area contributed by atoms with E-state index in [0.717, 1.165) is 25.7 Å². The maximum Gasteiger partial charge on any atom is 0.305 e. The first-order valence-electron chi connectivity index (χ1n) is 13.0. The number of unbranched alkanes of at least 4 members (excludes halogenated alkanes) is 11. The minimum atomic E-state index is -0.0101. The minimum absolute atomic E-state index is 0.0101. The highest BCUT2D eigenvalue weighted by Gasteiger charge is 2.05. The van der Waals surface area contributed by atoms with Gasteiger partial charge in [-0.2, -0.15) is 0 Å². The van der Waals surface area contributed by atoms with E-state index in [-0.39, 0.29) is 5.97 Å². The standard InChI is InChI=1S/C28H52O2/c1-5-6-7-8-9-10-11-12-13-14-15-16-17-18-19-23-28(29)30-25-24-27(4)22-20-21-26(2)3/h12-13,21,27H,5-11,14-20,22-25H2,1-4H3/b13-12-. The molecular formula is C28H52O2. The summed E-state index contributed by atoms with van der Waals surface area (Å²) in [6.45, 7) is 9.38. The van der Waals surface area contributed by atoms with E-state index in [0.29, 0.717) is 18.9 Å². The monoisotopic (exact) mass is 420 g/mol. The van der Waals surface area contributed by atoms with Gasteiger partial charge in [0, 0.05) is 6.42 Å². The Balaban J connectivity index is 3.35. The Hall–Kier alpha value is -1.05. The van der Waals surface area contributed by atoms with Crippen LogP contribution in [0, 0.1) is 5.92 Å². The molecule has 2 heteroatoms. The van der Waals surface area contributed by atoms with Crippen molar-refractivity contribution in [3.8, 4) is 0 Å². The van der Waals surface area contributed by atoms with E-state index in [2.05, 4.69) is 45.9 Å². The van der Waals surface area contributed by atoms with Gasteiger partial charge in [0.15, 0.2) is 0 Å². The topological polar surface area (TPSA) is 26.3 Å². The molecule has 0 saturated heterocycles. The number of ether oxygens (including phenoxy) is 1. The van der Waals surface area contributed by atoms with E-state index in [9.17, 15) is 4.79 Å². The second-order valence-corrected chi connectivity index (χ2v) is 9.31. The number of allylic oxidation sites excluding steroid dienone is 4. The molecule has 30 heavy (non-hydrogen) atoms. The van der Waals surface area contributed by atoms with Gasteiger partial charge >= 0.3 is 5.97 Å². The second kappa shape index (κ2) is 22.6. The van der Waals surface area contributed by atoms with Crippen molar-refractivity contribution in [3.63, 3.8) is 0 Å². The molecule has 0 spiro atoms. The highest BCUT2D eigenvalue weighted by molar-refractivity contribution is 5.69. The van der Waals surface area contributed by atoms with Gasteiger partial charge in [0.2, 0.25) is 0 Å². The third-order valence-electron chi connectivity index (χ3n) is 5.73. The van der Waals surface area contributed by atoms with Crippen molar-refractivity contribution in [2.75, 3.05) is 6.61 Å². The number of esters is 1. The Labute approximate surface area is 188 Å². The number of rotatable bonds is 21. The van der Waals surface area contributed by atoms with E-state index in [1.54, 1.807) is 0 Å². The van der Waals surface area contributed by atoms with Crippen LogP contribution in [0.5, 0.6) is 0 Å². The zero-order valence-corrected chi connectivity index (χ0v) is 20.9. The maximum atomic E-state index is 11.8. The third-order valence-corrected chi connectivity index (χ3v) is 5.73. The molecule has 0 aliphatic rings. The summed E-state index contributed by atoms with van der Waals surface area (Å²) in [4.78, 5) is 11.8. The smallest absolute Gasteiger partial charge is 0.305 e. The van der Waals surface area contributed by atoms with Crippen LogP contribution in [0.15, 0.2) is 23.8 Å². The highest BCUT2D eigenvalue weighted by atomic mass is 16.5. The summed E-state index contributed by atoms with van der Waals surface area (Å²) in [5.74, 6) is 0.609. The molecule has 0 aromatic heterocycles. The molecule has 0 rings (SSSR count). The Morgan fingerprint density at radius 1 is 0.767 bits per heavy atom. The van der Waals surface area contributed by atoms with Gasteiger partial charge in [0.1, 0.15) is 0 Å². The first-order valence-corrected chi connectivity index (χ1v) is 13.0. The van der Waals surface area contributed by atoms with Crippen molar-refractivity contribution < 1.29 is 9.53 Å². The van der Waals surface area contributed by atoms with Crippen molar-refractivity contribution >= 4 is 5.97 Å². The first-order chi connectivity index (χ1) is 14.6. The maximum absolute atomic E-state index is 11.8. The highest BCUT2D eigenvalue weighted by Crippen LogP contribution is 2.13. The lowest BCUT2D eigenvalue weighted by Crippen LogP contribution is -2.08. The van der Waals surface area contributed by atoms with Crippen LogP contribution in [0.4, 0.5) is 0 Å². The lowest BCUT2D eigenvalue weighted by Gasteiger charge is -2.10. The fourth-order valence-corrected chi connectivity index (χ4v) is 3.59. The normalized spacial score (nSPS) is 12.3. The molecule has 1 atom stereocenters. The average Bonchev–Trinajstić information content (AvgIpc) is 2.70. The Morgan fingerprint density at radius 3 is 1.93 bits per heavy atom. The van der Waals surface area contributed by atoms with Gasteiger partial charge in [0.25, 0.3) is 0 Å². The summed E-state index contributed by atoms with van der Waals surface area (Å²) in [7, 11) is 0. The summed E-state index contributed by atoms with van der Waals surface area (Å²) < 4.78 is 5.40. The Kier molecular flexibility index (Phi) is 21.8. The lowest BCUT2D eigenvalue weighted by atomic mass is 10.0. The molecule has 0 aliphatic heterocycles. The van der Waals surface area contributed by atoms with Gasteiger partial charge in [-0.3, -0.25) is 4.79 Å². The van der Waals surface area contributed by atoms with Crippen LogP contribution in [-0.2, 0) is 9.53 Å². The molecule has 0 heterocycles. The molecule has 2 nitrogen and oxygen atoms in total. The van der Waals surface area contributed by atoms with E-state index in [1.165, 1.54) is 82.6 Å². The van der Waals surface area contributed by atoms with Crippen molar-refractivity contribution in [1.82, 2.24) is 0 Å². The van der Waals surface area contributed by atoms with Gasteiger partial charge in [-0.15, -0.1) is 0 Å². The molecule has 176 valence electrons. The van der Waals surface area contributed by atoms with Gasteiger partial charge in [0.05, 0.1) is 6.61 Å². The molecule has 0 bridgehead atoms. The van der Waals surface area contributed by atoms with Gasteiger partial charge in [-0.05, 0) is 71.1 Å². The Morgan fingerprint density at radius 2 is 1.33 bits per heavy atom. The molecule has 0 fully saturated rings. The molecule has 0 amide bonds. The molecule has 1 unspecified atom stereocenters. The molecule has 0 radical (unpaired) electrons. The second-order valence-electron chi connectivity index (χ2n) is 9.31. The van der Waals surface area contributed by atoms with Crippen LogP contribution in [0.1, 0.15) is 137 Å². The fourth-order valence-electron chi connectivity index (χ4n) is 3.59. The van der Waals surface area contributed by atoms with Gasteiger partial charge in [-0.1, -0.05) is 89.0 Å². The van der Waals surface area contributed by atoms with Crippen LogP contribution in [0.3, 0.4) is 0 Å². The summed E-state index contributed by atoms with van der Waals surface area (Å²) in [5.41, 5.74) is 1.38. The number of carbonyl (C=O) groups excluding carboxylic acids is 1. The van der Waals surface area contributed by atoms with Crippen molar-refractivity contribution in [3.05, 3.63) is 23.8 Å². The molecule has 0 aromatic rings. The number of carbonyl (C=O) groups is 1. The summed E-state index contributed by atoms with van der Waals surface area (Å²) in [6, 6.07) is 0. The lowest BCUT2D eigenvalue weighted by molar-refractivity contribution is -0.144. The van der Waals surface area contributed by atoms with Crippen LogP contribution in [0.25, 0.3) is 0 Å². The predicted octanol–water partition coefficient (Wildman–Crippen LogP) is 9.34. The Bertz CT molecular complexity index is 432. The van der Waals surface area contributed by atoms with Crippen molar-refractivity contribution in [2.24, 2.45) is 5.92 Å². The van der Waals surface area contributed by atoms with Crippen LogP contribution in [-0.4, -0.2) is 12.6 Å². The van der Waals surface area contributed by atoms with Gasteiger partial charge in [-0.25, -0.2) is 0 Å². The fraction of sp³-hybridized carbons (Fsp3) is 0.821. The van der Waals surface area contributed by atoms with Crippen LogP contribution < -0.4 is 0 Å². The summed E-state index contributed by atoms with van der Waals surface area (Å²) >= 11 is 0. The average molecular weight is 421 g/mol. The largest absolute Gasteiger partial charge is 0.466 e. The summed E-state index contributed by atoms with van der Waals surface area (Å²) in [5, 5.41) is 0. The van der Waals surface area contributed by atoms with Crippen LogP contribution in [0.2, 0.25) is 0 Å². The third kappa shape index (κ3) is 23.2. The molecule has 0 saturated carbocycles. The SMILES string of the molecule is CCCCCCCC/C=C\CCCCCCCC(=O)OCCC(C)CCC=C(C)C.